The number of esters is 1. The first-order chi connectivity index (χ1) is 8.81. The smallest absolute Gasteiger partial charge is 0.331 e. The average Bonchev–Trinajstić information content (AvgIpc) is 3.00. The molecule has 0 radical (unpaired) electrons. The van der Waals surface area contributed by atoms with Crippen molar-refractivity contribution in [2.45, 2.75) is 31.8 Å². The summed E-state index contributed by atoms with van der Waals surface area (Å²) in [5, 5.41) is 0. The minimum Gasteiger partial charge on any atom is -0.459 e. The van der Waals surface area contributed by atoms with Crippen molar-refractivity contribution in [2.24, 2.45) is 11.8 Å². The largest absolute Gasteiger partial charge is 0.459 e. The van der Waals surface area contributed by atoms with Crippen LogP contribution in [0.25, 0.3) is 6.08 Å². The Hall–Kier alpha value is -1.57. The van der Waals surface area contributed by atoms with Gasteiger partial charge in [-0.3, -0.25) is 0 Å². The lowest BCUT2D eigenvalue weighted by molar-refractivity contribution is -0.145. The van der Waals surface area contributed by atoms with Crippen LogP contribution < -0.4 is 0 Å². The van der Waals surface area contributed by atoms with E-state index in [4.69, 9.17) is 4.74 Å². The number of hydrogen-bond donors (Lipinski definition) is 0. The molecule has 18 heavy (non-hydrogen) atoms. The van der Waals surface area contributed by atoms with Gasteiger partial charge in [0.15, 0.2) is 0 Å². The van der Waals surface area contributed by atoms with Crippen molar-refractivity contribution in [3.63, 3.8) is 0 Å². The second-order valence-corrected chi connectivity index (χ2v) is 5.39. The molecule has 2 aliphatic carbocycles. The second-order valence-electron chi connectivity index (χ2n) is 5.39. The number of hydrogen-bond acceptors (Lipinski definition) is 2. The van der Waals surface area contributed by atoms with Gasteiger partial charge in [-0.2, -0.15) is 0 Å². The Morgan fingerprint density at radius 1 is 1.17 bits per heavy atom. The van der Waals surface area contributed by atoms with E-state index < -0.39 is 0 Å². The highest BCUT2D eigenvalue weighted by atomic mass is 16.5. The molecule has 0 unspecified atom stereocenters. The third kappa shape index (κ3) is 2.47. The highest BCUT2D eigenvalue weighted by molar-refractivity contribution is 5.87. The van der Waals surface area contributed by atoms with Crippen molar-refractivity contribution in [1.29, 1.82) is 0 Å². The number of rotatable bonds is 3. The zero-order valence-electron chi connectivity index (χ0n) is 10.4. The van der Waals surface area contributed by atoms with E-state index in [2.05, 4.69) is 0 Å². The van der Waals surface area contributed by atoms with Gasteiger partial charge < -0.3 is 4.74 Å². The number of fused-ring (bicyclic) bond motifs is 2. The summed E-state index contributed by atoms with van der Waals surface area (Å²) in [4.78, 5) is 11.7. The predicted octanol–water partition coefficient (Wildman–Crippen LogP) is 3.43. The van der Waals surface area contributed by atoms with Gasteiger partial charge >= 0.3 is 5.97 Å². The van der Waals surface area contributed by atoms with Crippen LogP contribution in [0.5, 0.6) is 0 Å². The van der Waals surface area contributed by atoms with Crippen LogP contribution in [0, 0.1) is 11.8 Å². The van der Waals surface area contributed by atoms with Crippen molar-refractivity contribution in [2.75, 3.05) is 0 Å². The SMILES string of the molecule is O=C(/C=C/c1ccccc1)O[C@H]1C[C@@H]2CC[C@H]1C2. The number of benzene rings is 1. The van der Waals surface area contributed by atoms with Crippen molar-refractivity contribution in [3.05, 3.63) is 42.0 Å². The molecule has 1 aromatic carbocycles. The first kappa shape index (κ1) is 11.5. The van der Waals surface area contributed by atoms with Crippen LogP contribution in [0.15, 0.2) is 36.4 Å². The van der Waals surface area contributed by atoms with Gasteiger partial charge in [0.05, 0.1) is 0 Å². The van der Waals surface area contributed by atoms with Crippen LogP contribution in [0.2, 0.25) is 0 Å². The van der Waals surface area contributed by atoms with E-state index >= 15 is 0 Å². The van der Waals surface area contributed by atoms with E-state index in [1.807, 2.05) is 36.4 Å². The molecule has 2 fully saturated rings. The van der Waals surface area contributed by atoms with E-state index in [-0.39, 0.29) is 12.1 Å². The Bertz CT molecular complexity index is 449. The van der Waals surface area contributed by atoms with Gasteiger partial charge in [0, 0.05) is 6.08 Å². The molecule has 0 spiro atoms. The van der Waals surface area contributed by atoms with Crippen LogP contribution in [-0.4, -0.2) is 12.1 Å². The minimum absolute atomic E-state index is 0.177. The van der Waals surface area contributed by atoms with E-state index in [9.17, 15) is 4.79 Å². The van der Waals surface area contributed by atoms with Gasteiger partial charge in [-0.05, 0) is 49.2 Å². The molecule has 0 N–H and O–H groups in total. The minimum atomic E-state index is -0.198. The highest BCUT2D eigenvalue weighted by Crippen LogP contribution is 2.45. The maximum atomic E-state index is 11.7. The summed E-state index contributed by atoms with van der Waals surface area (Å²) in [6.45, 7) is 0. The molecule has 3 atom stereocenters. The predicted molar refractivity (Wildman–Crippen MR) is 70.8 cm³/mol. The summed E-state index contributed by atoms with van der Waals surface area (Å²) in [5.74, 6) is 1.24. The zero-order valence-corrected chi connectivity index (χ0v) is 10.4. The van der Waals surface area contributed by atoms with Crippen LogP contribution >= 0.6 is 0 Å². The molecule has 0 aliphatic heterocycles. The average molecular weight is 242 g/mol. The quantitative estimate of drug-likeness (QED) is 0.599. The molecule has 1 aromatic rings. The van der Waals surface area contributed by atoms with Gasteiger partial charge in [0.2, 0.25) is 0 Å². The fourth-order valence-electron chi connectivity index (χ4n) is 3.25. The molecule has 0 amide bonds. The van der Waals surface area contributed by atoms with Gasteiger partial charge in [-0.15, -0.1) is 0 Å². The van der Waals surface area contributed by atoms with Crippen molar-refractivity contribution in [1.82, 2.24) is 0 Å². The third-order valence-electron chi connectivity index (χ3n) is 4.15. The molecule has 0 heterocycles. The second kappa shape index (κ2) is 4.97. The van der Waals surface area contributed by atoms with Crippen molar-refractivity contribution >= 4 is 12.0 Å². The zero-order chi connectivity index (χ0) is 12.4. The van der Waals surface area contributed by atoms with E-state index in [0.29, 0.717) is 5.92 Å². The molecule has 0 saturated heterocycles. The van der Waals surface area contributed by atoms with Crippen LogP contribution in [0.1, 0.15) is 31.2 Å². The fourth-order valence-corrected chi connectivity index (χ4v) is 3.25. The lowest BCUT2D eigenvalue weighted by Crippen LogP contribution is -2.22. The number of carbonyl (C=O) groups excluding carboxylic acids is 1. The molecule has 2 heteroatoms. The molecule has 2 aliphatic rings. The van der Waals surface area contributed by atoms with Crippen LogP contribution in [0.3, 0.4) is 0 Å². The first-order valence-electron chi connectivity index (χ1n) is 6.75. The summed E-state index contributed by atoms with van der Waals surface area (Å²) < 4.78 is 5.54. The molecular formula is C16H18O2. The molecule has 0 aromatic heterocycles. The van der Waals surface area contributed by atoms with Gasteiger partial charge in [0.1, 0.15) is 6.10 Å². The molecule has 94 valence electrons. The number of carbonyl (C=O) groups is 1. The molecule has 3 rings (SSSR count). The Morgan fingerprint density at radius 3 is 2.67 bits per heavy atom. The standard InChI is InChI=1S/C16H18O2/c17-16(9-7-12-4-2-1-3-5-12)18-15-11-13-6-8-14(15)10-13/h1-5,7,9,13-15H,6,8,10-11H2/b9-7+/t13-,14+,15+/m1/s1. The number of ether oxygens (including phenoxy) is 1. The maximum Gasteiger partial charge on any atom is 0.331 e. The Labute approximate surface area is 108 Å². The van der Waals surface area contributed by atoms with E-state index in [1.54, 1.807) is 6.08 Å². The molecule has 2 saturated carbocycles. The Balaban J connectivity index is 1.55. The fraction of sp³-hybridized carbons (Fsp3) is 0.438. The monoisotopic (exact) mass is 242 g/mol. The van der Waals surface area contributed by atoms with E-state index in [1.165, 1.54) is 19.3 Å². The maximum absolute atomic E-state index is 11.7. The molecule has 2 nitrogen and oxygen atoms in total. The first-order valence-corrected chi connectivity index (χ1v) is 6.75. The Morgan fingerprint density at radius 2 is 2.00 bits per heavy atom. The normalized spacial score (nSPS) is 29.9. The van der Waals surface area contributed by atoms with Crippen LogP contribution in [-0.2, 0) is 9.53 Å². The summed E-state index contributed by atoms with van der Waals surface area (Å²) in [6.07, 6.45) is 8.45. The van der Waals surface area contributed by atoms with Crippen molar-refractivity contribution in [3.8, 4) is 0 Å². The van der Waals surface area contributed by atoms with Crippen molar-refractivity contribution < 1.29 is 9.53 Å². The van der Waals surface area contributed by atoms with Crippen LogP contribution in [0.4, 0.5) is 0 Å². The summed E-state index contributed by atoms with van der Waals surface area (Å²) in [7, 11) is 0. The highest BCUT2D eigenvalue weighted by Gasteiger charge is 2.41. The molecular weight excluding hydrogens is 224 g/mol. The third-order valence-corrected chi connectivity index (χ3v) is 4.15. The summed E-state index contributed by atoms with van der Waals surface area (Å²) in [5.41, 5.74) is 1.03. The summed E-state index contributed by atoms with van der Waals surface area (Å²) in [6, 6.07) is 9.83. The summed E-state index contributed by atoms with van der Waals surface area (Å²) >= 11 is 0. The van der Waals surface area contributed by atoms with Gasteiger partial charge in [-0.1, -0.05) is 30.3 Å². The van der Waals surface area contributed by atoms with Gasteiger partial charge in [-0.25, -0.2) is 4.79 Å². The topological polar surface area (TPSA) is 26.3 Å². The lowest BCUT2D eigenvalue weighted by atomic mass is 9.98. The molecule has 2 bridgehead atoms. The van der Waals surface area contributed by atoms with Gasteiger partial charge in [0.25, 0.3) is 0 Å². The lowest BCUT2D eigenvalue weighted by Gasteiger charge is -2.20. The van der Waals surface area contributed by atoms with E-state index in [0.717, 1.165) is 17.9 Å². The Kier molecular flexibility index (Phi) is 3.18.